The van der Waals surface area contributed by atoms with E-state index in [1.165, 1.54) is 11.3 Å². The fraction of sp³-hybridized carbons (Fsp3) is 0.429. The van der Waals surface area contributed by atoms with Gasteiger partial charge < -0.3 is 10.2 Å². The predicted molar refractivity (Wildman–Crippen MR) is 91.6 cm³/mol. The van der Waals surface area contributed by atoms with E-state index in [-0.39, 0.29) is 5.03 Å². The van der Waals surface area contributed by atoms with Crippen molar-refractivity contribution in [1.82, 2.24) is 15.3 Å². The molecule has 2 N–H and O–H groups in total. The van der Waals surface area contributed by atoms with Crippen molar-refractivity contribution in [3.05, 3.63) is 28.7 Å². The van der Waals surface area contributed by atoms with Crippen molar-refractivity contribution in [3.8, 4) is 0 Å². The van der Waals surface area contributed by atoms with Gasteiger partial charge in [0.15, 0.2) is 10.8 Å². The number of hydrogen-bond acceptors (Lipinski definition) is 7. The Morgan fingerprint density at radius 1 is 1.43 bits per heavy atom. The van der Waals surface area contributed by atoms with Crippen molar-refractivity contribution in [2.24, 2.45) is 0 Å². The molecule has 0 amide bonds. The Labute approximate surface area is 139 Å². The van der Waals surface area contributed by atoms with Crippen LogP contribution in [0.1, 0.15) is 12.0 Å². The summed E-state index contributed by atoms with van der Waals surface area (Å²) in [4.78, 5) is 10.2. The van der Waals surface area contributed by atoms with Crippen LogP contribution < -0.4 is 14.9 Å². The van der Waals surface area contributed by atoms with Gasteiger partial charge in [-0.1, -0.05) is 0 Å². The highest BCUT2D eigenvalue weighted by atomic mass is 32.2. The molecule has 1 aliphatic heterocycles. The molecule has 1 aliphatic rings. The first-order valence-electron chi connectivity index (χ1n) is 7.28. The lowest BCUT2D eigenvalue weighted by molar-refractivity contribution is 0.597. The lowest BCUT2D eigenvalue weighted by Crippen LogP contribution is -2.34. The molecule has 124 valence electrons. The second-order valence-electron chi connectivity index (χ2n) is 5.55. The standard InChI is InChI=1S/C14H19N5O2S2/c1-10-5-14(23(20,21)18-13-8-22-9-17-13)16-7-12(10)19(2)11-3-4-15-6-11/h5,7-9,11,15,18H,3-4,6H2,1-2H3. The SMILES string of the molecule is Cc1cc(S(=O)(=O)Nc2cscn2)ncc1N(C)C1CCNC1. The average Bonchev–Trinajstić information content (AvgIpc) is 3.19. The maximum atomic E-state index is 12.4. The van der Waals surface area contributed by atoms with Crippen LogP contribution in [0.2, 0.25) is 0 Å². The topological polar surface area (TPSA) is 87.2 Å². The zero-order chi connectivity index (χ0) is 16.4. The maximum absolute atomic E-state index is 12.4. The number of likely N-dealkylation sites (N-methyl/N-ethyl adjacent to an activating group) is 1. The molecule has 1 saturated heterocycles. The number of aromatic nitrogens is 2. The highest BCUT2D eigenvalue weighted by Crippen LogP contribution is 2.24. The van der Waals surface area contributed by atoms with Crippen LogP contribution in [0.3, 0.4) is 0 Å². The first-order chi connectivity index (χ1) is 11.0. The second kappa shape index (κ2) is 6.42. The van der Waals surface area contributed by atoms with Gasteiger partial charge in [-0.2, -0.15) is 8.42 Å². The van der Waals surface area contributed by atoms with E-state index >= 15 is 0 Å². The summed E-state index contributed by atoms with van der Waals surface area (Å²) < 4.78 is 27.1. The Bertz CT molecular complexity index is 770. The molecule has 0 radical (unpaired) electrons. The summed E-state index contributed by atoms with van der Waals surface area (Å²) in [5, 5.41) is 4.97. The summed E-state index contributed by atoms with van der Waals surface area (Å²) in [7, 11) is -1.70. The molecule has 0 bridgehead atoms. The monoisotopic (exact) mass is 353 g/mol. The maximum Gasteiger partial charge on any atom is 0.280 e. The molecule has 0 aliphatic carbocycles. The Kier molecular flexibility index (Phi) is 4.51. The van der Waals surface area contributed by atoms with Crippen LogP contribution in [0.15, 0.2) is 28.2 Å². The van der Waals surface area contributed by atoms with Gasteiger partial charge in [0, 0.05) is 25.0 Å². The molecule has 0 aromatic carbocycles. The number of hydrogen-bond donors (Lipinski definition) is 2. The van der Waals surface area contributed by atoms with Gasteiger partial charge in [0.25, 0.3) is 10.0 Å². The Morgan fingerprint density at radius 3 is 2.87 bits per heavy atom. The van der Waals surface area contributed by atoms with Crippen molar-refractivity contribution in [3.63, 3.8) is 0 Å². The number of nitrogens with one attached hydrogen (secondary N) is 2. The van der Waals surface area contributed by atoms with Gasteiger partial charge in [-0.05, 0) is 31.5 Å². The molecule has 3 rings (SSSR count). The van der Waals surface area contributed by atoms with Gasteiger partial charge in [0.05, 0.1) is 17.4 Å². The number of pyridine rings is 1. The van der Waals surface area contributed by atoms with Gasteiger partial charge in [-0.25, -0.2) is 9.97 Å². The molecular formula is C14H19N5O2S2. The fourth-order valence-corrected chi connectivity index (χ4v) is 4.23. The van der Waals surface area contributed by atoms with Gasteiger partial charge in [0.2, 0.25) is 0 Å². The van der Waals surface area contributed by atoms with E-state index < -0.39 is 10.0 Å². The van der Waals surface area contributed by atoms with Crippen LogP contribution >= 0.6 is 11.3 Å². The largest absolute Gasteiger partial charge is 0.369 e. The van der Waals surface area contributed by atoms with E-state index in [0.717, 1.165) is 30.8 Å². The minimum atomic E-state index is -3.72. The highest BCUT2D eigenvalue weighted by molar-refractivity contribution is 7.92. The Hall–Kier alpha value is -1.71. The number of nitrogens with zero attached hydrogens (tertiary/aromatic N) is 3. The number of anilines is 2. The summed E-state index contributed by atoms with van der Waals surface area (Å²) in [6, 6.07) is 2.01. The molecule has 3 heterocycles. The van der Waals surface area contributed by atoms with E-state index in [9.17, 15) is 8.42 Å². The second-order valence-corrected chi connectivity index (χ2v) is 7.89. The zero-order valence-electron chi connectivity index (χ0n) is 13.0. The van der Waals surface area contributed by atoms with E-state index in [1.807, 2.05) is 14.0 Å². The van der Waals surface area contributed by atoms with Crippen LogP contribution in [-0.2, 0) is 10.0 Å². The third-order valence-corrected chi connectivity index (χ3v) is 5.80. The molecule has 1 unspecified atom stereocenters. The van der Waals surface area contributed by atoms with Crippen LogP contribution in [0.4, 0.5) is 11.5 Å². The molecule has 0 spiro atoms. The van der Waals surface area contributed by atoms with Crippen LogP contribution in [0.25, 0.3) is 0 Å². The lowest BCUT2D eigenvalue weighted by atomic mass is 10.2. The molecule has 23 heavy (non-hydrogen) atoms. The Morgan fingerprint density at radius 2 is 2.26 bits per heavy atom. The normalized spacial score (nSPS) is 18.1. The molecule has 7 nitrogen and oxygen atoms in total. The van der Waals surface area contributed by atoms with Crippen molar-refractivity contribution in [2.75, 3.05) is 29.8 Å². The van der Waals surface area contributed by atoms with Crippen LogP contribution in [0.5, 0.6) is 0 Å². The van der Waals surface area contributed by atoms with Gasteiger partial charge in [-0.3, -0.25) is 4.72 Å². The smallest absolute Gasteiger partial charge is 0.280 e. The summed E-state index contributed by atoms with van der Waals surface area (Å²) >= 11 is 1.33. The quantitative estimate of drug-likeness (QED) is 0.846. The number of sulfonamides is 1. The number of rotatable bonds is 5. The van der Waals surface area contributed by atoms with Crippen LogP contribution in [0, 0.1) is 6.92 Å². The third kappa shape index (κ3) is 3.46. The summed E-state index contributed by atoms with van der Waals surface area (Å²) in [6.07, 6.45) is 2.70. The van der Waals surface area contributed by atoms with Crippen molar-refractivity contribution in [2.45, 2.75) is 24.4 Å². The van der Waals surface area contributed by atoms with E-state index in [2.05, 4.69) is 24.9 Å². The van der Waals surface area contributed by atoms with Crippen LogP contribution in [-0.4, -0.2) is 44.6 Å². The van der Waals surface area contributed by atoms with Crippen molar-refractivity contribution in [1.29, 1.82) is 0 Å². The zero-order valence-corrected chi connectivity index (χ0v) is 14.6. The third-order valence-electron chi connectivity index (χ3n) is 3.97. The minimum absolute atomic E-state index is 0.00435. The van der Waals surface area contributed by atoms with E-state index in [1.54, 1.807) is 23.2 Å². The van der Waals surface area contributed by atoms with E-state index in [0.29, 0.717) is 11.9 Å². The molecule has 0 saturated carbocycles. The molecular weight excluding hydrogens is 334 g/mol. The Balaban J connectivity index is 1.83. The summed E-state index contributed by atoms with van der Waals surface area (Å²) in [5.74, 6) is 0.313. The minimum Gasteiger partial charge on any atom is -0.369 e. The molecule has 1 fully saturated rings. The first-order valence-corrected chi connectivity index (χ1v) is 9.71. The number of thiazole rings is 1. The average molecular weight is 353 g/mol. The molecule has 1 atom stereocenters. The fourth-order valence-electron chi connectivity index (χ4n) is 2.66. The summed E-state index contributed by atoms with van der Waals surface area (Å²) in [6.45, 7) is 3.84. The van der Waals surface area contributed by atoms with Gasteiger partial charge in [0.1, 0.15) is 0 Å². The number of aryl methyl sites for hydroxylation is 1. The predicted octanol–water partition coefficient (Wildman–Crippen LogP) is 1.45. The molecule has 2 aromatic rings. The lowest BCUT2D eigenvalue weighted by Gasteiger charge is -2.27. The summed E-state index contributed by atoms with van der Waals surface area (Å²) in [5.41, 5.74) is 3.41. The highest BCUT2D eigenvalue weighted by Gasteiger charge is 2.23. The van der Waals surface area contributed by atoms with Gasteiger partial charge >= 0.3 is 0 Å². The first kappa shape index (κ1) is 16.2. The van der Waals surface area contributed by atoms with Crippen molar-refractivity contribution < 1.29 is 8.42 Å². The molecule has 9 heteroatoms. The van der Waals surface area contributed by atoms with E-state index in [4.69, 9.17) is 0 Å². The molecule has 2 aromatic heterocycles. The van der Waals surface area contributed by atoms with Crippen molar-refractivity contribution >= 4 is 32.9 Å². The van der Waals surface area contributed by atoms with Gasteiger partial charge in [-0.15, -0.1) is 11.3 Å².